The maximum absolute atomic E-state index is 13.2. The van der Waals surface area contributed by atoms with Gasteiger partial charge in [0.1, 0.15) is 5.70 Å². The summed E-state index contributed by atoms with van der Waals surface area (Å²) in [6, 6.07) is 17.2. The number of nitrogens with one attached hydrogen (secondary N) is 2. The van der Waals surface area contributed by atoms with E-state index in [9.17, 15) is 9.59 Å². The Labute approximate surface area is 188 Å². The quantitative estimate of drug-likeness (QED) is 0.470. The zero-order valence-electron chi connectivity index (χ0n) is 18.4. The Morgan fingerprint density at radius 3 is 2.35 bits per heavy atom. The van der Waals surface area contributed by atoms with E-state index in [-0.39, 0.29) is 23.6 Å². The standard InChI is InChI=1S/C26H28N2O2S/c1-5-23(21-13-10-18(3)19(4)15-21)27-26(30)24(16-22-7-6-14-31-22)28-25(29)20-11-8-17(2)9-12-20/h6-16,23H,5H2,1-4H3,(H,27,30)(H,28,29)/b24-16-/t23-/m0/s1. The Hall–Kier alpha value is -3.18. The van der Waals surface area contributed by atoms with E-state index in [1.165, 1.54) is 22.5 Å². The number of hydrogen-bond acceptors (Lipinski definition) is 3. The third-order valence-electron chi connectivity index (χ3n) is 5.28. The molecule has 1 heterocycles. The molecule has 2 amide bonds. The smallest absolute Gasteiger partial charge is 0.268 e. The molecule has 160 valence electrons. The highest BCUT2D eigenvalue weighted by atomic mass is 32.1. The van der Waals surface area contributed by atoms with Crippen LogP contribution in [-0.4, -0.2) is 11.8 Å². The Balaban J connectivity index is 1.84. The Bertz CT molecular complexity index is 1080. The molecule has 0 aliphatic rings. The lowest BCUT2D eigenvalue weighted by atomic mass is 9.99. The van der Waals surface area contributed by atoms with Crippen molar-refractivity contribution in [2.45, 2.75) is 40.2 Å². The van der Waals surface area contributed by atoms with Gasteiger partial charge in [-0.25, -0.2) is 0 Å². The molecule has 0 fully saturated rings. The van der Waals surface area contributed by atoms with E-state index in [4.69, 9.17) is 0 Å². The van der Waals surface area contributed by atoms with Crippen LogP contribution in [0, 0.1) is 20.8 Å². The van der Waals surface area contributed by atoms with Crippen molar-refractivity contribution >= 4 is 29.2 Å². The predicted octanol–water partition coefficient (Wildman–Crippen LogP) is 5.71. The molecule has 3 rings (SSSR count). The molecule has 0 aliphatic heterocycles. The third-order valence-corrected chi connectivity index (χ3v) is 6.10. The molecule has 0 bridgehead atoms. The summed E-state index contributed by atoms with van der Waals surface area (Å²) in [5, 5.41) is 7.84. The van der Waals surface area contributed by atoms with Crippen LogP contribution in [0.25, 0.3) is 6.08 Å². The molecule has 1 aromatic heterocycles. The van der Waals surface area contributed by atoms with Crippen molar-refractivity contribution in [3.8, 4) is 0 Å². The molecule has 1 atom stereocenters. The Morgan fingerprint density at radius 2 is 1.74 bits per heavy atom. The van der Waals surface area contributed by atoms with E-state index in [1.807, 2.05) is 49.6 Å². The summed E-state index contributed by atoms with van der Waals surface area (Å²) in [5.74, 6) is -0.615. The fourth-order valence-corrected chi connectivity index (χ4v) is 3.87. The molecule has 5 heteroatoms. The van der Waals surface area contributed by atoms with E-state index in [1.54, 1.807) is 18.2 Å². The van der Waals surface area contributed by atoms with E-state index in [0.29, 0.717) is 5.56 Å². The number of hydrogen-bond donors (Lipinski definition) is 2. The minimum absolute atomic E-state index is 0.144. The van der Waals surface area contributed by atoms with Crippen LogP contribution in [0.3, 0.4) is 0 Å². The summed E-state index contributed by atoms with van der Waals surface area (Å²) in [4.78, 5) is 26.9. The fourth-order valence-electron chi connectivity index (χ4n) is 3.21. The van der Waals surface area contributed by atoms with Gasteiger partial charge in [-0.3, -0.25) is 9.59 Å². The van der Waals surface area contributed by atoms with Crippen molar-refractivity contribution in [1.29, 1.82) is 0 Å². The maximum Gasteiger partial charge on any atom is 0.268 e. The van der Waals surface area contributed by atoms with Crippen LogP contribution in [0.5, 0.6) is 0 Å². The van der Waals surface area contributed by atoms with Crippen LogP contribution >= 0.6 is 11.3 Å². The van der Waals surface area contributed by atoms with Gasteiger partial charge < -0.3 is 10.6 Å². The lowest BCUT2D eigenvalue weighted by Gasteiger charge is -2.20. The molecule has 4 nitrogen and oxygen atoms in total. The van der Waals surface area contributed by atoms with Crippen LogP contribution in [0.15, 0.2) is 65.7 Å². The average Bonchev–Trinajstić information content (AvgIpc) is 3.27. The fraction of sp³-hybridized carbons (Fsp3) is 0.231. The van der Waals surface area contributed by atoms with Crippen molar-refractivity contribution < 1.29 is 9.59 Å². The highest BCUT2D eigenvalue weighted by Gasteiger charge is 2.19. The minimum atomic E-state index is -0.308. The average molecular weight is 433 g/mol. The normalized spacial score (nSPS) is 12.3. The Morgan fingerprint density at radius 1 is 1.00 bits per heavy atom. The molecule has 0 spiro atoms. The monoisotopic (exact) mass is 432 g/mol. The van der Waals surface area contributed by atoms with Crippen molar-refractivity contribution in [3.63, 3.8) is 0 Å². The molecular formula is C26H28N2O2S. The molecular weight excluding hydrogens is 404 g/mol. The van der Waals surface area contributed by atoms with Gasteiger partial charge in [0.15, 0.2) is 0 Å². The highest BCUT2D eigenvalue weighted by Crippen LogP contribution is 2.21. The van der Waals surface area contributed by atoms with E-state index in [0.717, 1.165) is 22.4 Å². The van der Waals surface area contributed by atoms with Gasteiger partial charge in [0, 0.05) is 10.4 Å². The molecule has 0 radical (unpaired) electrons. The van der Waals surface area contributed by atoms with Crippen LogP contribution in [-0.2, 0) is 4.79 Å². The van der Waals surface area contributed by atoms with Crippen molar-refractivity contribution in [2.24, 2.45) is 0 Å². The van der Waals surface area contributed by atoms with Gasteiger partial charge in [0.05, 0.1) is 6.04 Å². The number of carbonyl (C=O) groups is 2. The van der Waals surface area contributed by atoms with Gasteiger partial charge in [-0.1, -0.05) is 48.9 Å². The van der Waals surface area contributed by atoms with Crippen LogP contribution in [0.1, 0.15) is 56.9 Å². The van der Waals surface area contributed by atoms with Gasteiger partial charge >= 0.3 is 0 Å². The van der Waals surface area contributed by atoms with Crippen molar-refractivity contribution in [3.05, 3.63) is 98.4 Å². The lowest BCUT2D eigenvalue weighted by Crippen LogP contribution is -2.36. The second-order valence-electron chi connectivity index (χ2n) is 7.67. The largest absolute Gasteiger partial charge is 0.344 e. The third kappa shape index (κ3) is 5.92. The number of thiophene rings is 1. The zero-order chi connectivity index (χ0) is 22.4. The Kier molecular flexibility index (Phi) is 7.42. The van der Waals surface area contributed by atoms with Gasteiger partial charge in [0.2, 0.25) is 0 Å². The second kappa shape index (κ2) is 10.2. The summed E-state index contributed by atoms with van der Waals surface area (Å²) < 4.78 is 0. The molecule has 0 saturated carbocycles. The van der Waals surface area contributed by atoms with Crippen LogP contribution < -0.4 is 10.6 Å². The van der Waals surface area contributed by atoms with Gasteiger partial charge in [-0.2, -0.15) is 0 Å². The minimum Gasteiger partial charge on any atom is -0.344 e. The number of aryl methyl sites for hydroxylation is 3. The van der Waals surface area contributed by atoms with E-state index >= 15 is 0 Å². The van der Waals surface area contributed by atoms with E-state index < -0.39 is 0 Å². The first-order chi connectivity index (χ1) is 14.9. The van der Waals surface area contributed by atoms with Gasteiger partial charge in [-0.05, 0) is 73.5 Å². The predicted molar refractivity (Wildman–Crippen MR) is 128 cm³/mol. The van der Waals surface area contributed by atoms with Crippen LogP contribution in [0.2, 0.25) is 0 Å². The molecule has 0 unspecified atom stereocenters. The first-order valence-corrected chi connectivity index (χ1v) is 11.3. The number of rotatable bonds is 7. The van der Waals surface area contributed by atoms with Gasteiger partial charge in [0.25, 0.3) is 11.8 Å². The summed E-state index contributed by atoms with van der Waals surface area (Å²) in [6.07, 6.45) is 2.46. The summed E-state index contributed by atoms with van der Waals surface area (Å²) in [7, 11) is 0. The molecule has 2 aromatic carbocycles. The number of amides is 2. The van der Waals surface area contributed by atoms with Crippen molar-refractivity contribution in [1.82, 2.24) is 10.6 Å². The maximum atomic E-state index is 13.2. The molecule has 0 saturated heterocycles. The SMILES string of the molecule is CC[C@H](NC(=O)/C(=C/c1cccs1)NC(=O)c1ccc(C)cc1)c1ccc(C)c(C)c1. The zero-order valence-corrected chi connectivity index (χ0v) is 19.2. The lowest BCUT2D eigenvalue weighted by molar-refractivity contribution is -0.118. The topological polar surface area (TPSA) is 58.2 Å². The summed E-state index contributed by atoms with van der Waals surface area (Å²) in [6.45, 7) is 8.14. The summed E-state index contributed by atoms with van der Waals surface area (Å²) >= 11 is 1.51. The van der Waals surface area contributed by atoms with Gasteiger partial charge in [-0.15, -0.1) is 11.3 Å². The molecule has 2 N–H and O–H groups in total. The number of carbonyl (C=O) groups excluding carboxylic acids is 2. The molecule has 3 aromatic rings. The first-order valence-electron chi connectivity index (χ1n) is 10.4. The number of benzene rings is 2. The molecule has 0 aliphatic carbocycles. The summed E-state index contributed by atoms with van der Waals surface area (Å²) in [5.41, 5.74) is 5.27. The second-order valence-corrected chi connectivity index (χ2v) is 8.65. The van der Waals surface area contributed by atoms with E-state index in [2.05, 4.69) is 36.6 Å². The first kappa shape index (κ1) is 22.5. The van der Waals surface area contributed by atoms with Crippen molar-refractivity contribution in [2.75, 3.05) is 0 Å². The highest BCUT2D eigenvalue weighted by molar-refractivity contribution is 7.10. The van der Waals surface area contributed by atoms with Crippen LogP contribution in [0.4, 0.5) is 0 Å². The molecule has 31 heavy (non-hydrogen) atoms.